The van der Waals surface area contributed by atoms with E-state index in [1.165, 1.54) is 0 Å². The van der Waals surface area contributed by atoms with Crippen molar-refractivity contribution < 1.29 is 35.2 Å². The molecule has 1 aromatic heterocycles. The third kappa shape index (κ3) is 2.88. The molecule has 0 N–H and O–H groups in total. The van der Waals surface area contributed by atoms with Crippen molar-refractivity contribution in [3.8, 4) is 0 Å². The molecule has 1 aliphatic rings. The molecule has 2 heterocycles. The summed E-state index contributed by atoms with van der Waals surface area (Å²) >= 11 is 0. The molecule has 0 amide bonds. The van der Waals surface area contributed by atoms with Crippen molar-refractivity contribution >= 4 is 14.9 Å². The molecule has 130 valence electrons. The number of oxime groups is 1. The standard InChI is InChI=1S/C10H11F5N4O3S/c1-9(2)5(11)8(18-22-9)23(20,21)7(12)4-6(10(13,14)15)17-19(3)16-4/h5,7H,1-3H3. The Morgan fingerprint density at radius 2 is 1.87 bits per heavy atom. The minimum Gasteiger partial charge on any atom is -0.385 e. The molecule has 1 aliphatic heterocycles. The van der Waals surface area contributed by atoms with Crippen LogP contribution in [0.5, 0.6) is 0 Å². The number of alkyl halides is 5. The van der Waals surface area contributed by atoms with Crippen LogP contribution >= 0.6 is 0 Å². The maximum absolute atomic E-state index is 14.3. The second-order valence-corrected chi connectivity index (χ2v) is 7.19. The van der Waals surface area contributed by atoms with Crippen molar-refractivity contribution in [1.29, 1.82) is 0 Å². The Morgan fingerprint density at radius 3 is 2.30 bits per heavy atom. The van der Waals surface area contributed by atoms with E-state index in [1.807, 2.05) is 0 Å². The smallest absolute Gasteiger partial charge is 0.385 e. The Kier molecular flexibility index (Phi) is 3.90. The average molecular weight is 362 g/mol. The second kappa shape index (κ2) is 5.11. The van der Waals surface area contributed by atoms with Gasteiger partial charge in [0.2, 0.25) is 14.9 Å². The summed E-state index contributed by atoms with van der Waals surface area (Å²) in [5.41, 5.74) is -8.27. The molecule has 0 fully saturated rings. The molecule has 0 saturated carbocycles. The van der Waals surface area contributed by atoms with Gasteiger partial charge in [-0.05, 0) is 13.8 Å². The molecule has 0 aliphatic carbocycles. The third-order valence-corrected chi connectivity index (χ3v) is 4.62. The van der Waals surface area contributed by atoms with E-state index in [2.05, 4.69) is 20.2 Å². The van der Waals surface area contributed by atoms with Crippen molar-refractivity contribution in [3.63, 3.8) is 0 Å². The number of aromatic nitrogens is 3. The minimum atomic E-state index is -5.21. The zero-order valence-corrected chi connectivity index (χ0v) is 12.8. The summed E-state index contributed by atoms with van der Waals surface area (Å²) in [7, 11) is -4.26. The number of nitrogens with zero attached hydrogens (tertiary/aromatic N) is 4. The van der Waals surface area contributed by atoms with Gasteiger partial charge in [0.1, 0.15) is 5.69 Å². The number of hydrogen-bond acceptors (Lipinski definition) is 6. The van der Waals surface area contributed by atoms with E-state index in [-0.39, 0.29) is 0 Å². The van der Waals surface area contributed by atoms with Gasteiger partial charge in [-0.2, -0.15) is 23.1 Å². The van der Waals surface area contributed by atoms with Crippen molar-refractivity contribution in [1.82, 2.24) is 15.0 Å². The van der Waals surface area contributed by atoms with Crippen LogP contribution in [0.25, 0.3) is 0 Å². The number of aryl methyl sites for hydroxylation is 1. The molecule has 2 rings (SSSR count). The van der Waals surface area contributed by atoms with Gasteiger partial charge in [0.05, 0.1) is 0 Å². The zero-order chi connectivity index (χ0) is 17.8. The first-order valence-electron chi connectivity index (χ1n) is 6.05. The topological polar surface area (TPSA) is 86.4 Å². The van der Waals surface area contributed by atoms with Gasteiger partial charge < -0.3 is 4.84 Å². The molecular formula is C10H11F5N4O3S. The number of rotatable bonds is 2. The SMILES string of the molecule is Cn1nc(C(F)S(=O)(=O)C2=NOC(C)(C)C2F)c(C(F)(F)F)n1. The van der Waals surface area contributed by atoms with E-state index in [4.69, 9.17) is 0 Å². The van der Waals surface area contributed by atoms with Gasteiger partial charge in [-0.15, -0.1) is 5.10 Å². The molecule has 0 bridgehead atoms. The number of halogens is 5. The van der Waals surface area contributed by atoms with E-state index in [1.54, 1.807) is 0 Å². The first-order valence-corrected chi connectivity index (χ1v) is 7.59. The third-order valence-electron chi connectivity index (χ3n) is 2.99. The van der Waals surface area contributed by atoms with Crippen molar-refractivity contribution in [3.05, 3.63) is 11.4 Å². The van der Waals surface area contributed by atoms with Crippen LogP contribution in [0.3, 0.4) is 0 Å². The van der Waals surface area contributed by atoms with Crippen LogP contribution in [0.2, 0.25) is 0 Å². The van der Waals surface area contributed by atoms with Gasteiger partial charge >= 0.3 is 6.18 Å². The highest BCUT2D eigenvalue weighted by atomic mass is 32.2. The lowest BCUT2D eigenvalue weighted by atomic mass is 10.1. The molecule has 23 heavy (non-hydrogen) atoms. The molecule has 13 heteroatoms. The Balaban J connectivity index is 2.48. The molecule has 1 aromatic rings. The Hall–Kier alpha value is -1.79. The number of hydrogen-bond donors (Lipinski definition) is 0. The largest absolute Gasteiger partial charge is 0.437 e. The highest BCUT2D eigenvalue weighted by molar-refractivity contribution is 8.06. The van der Waals surface area contributed by atoms with Crippen LogP contribution in [0, 0.1) is 0 Å². The Labute approximate surface area is 127 Å². The Bertz CT molecular complexity index is 755. The maximum atomic E-state index is 14.3. The quantitative estimate of drug-likeness (QED) is 0.747. The van der Waals surface area contributed by atoms with Gasteiger partial charge in [-0.1, -0.05) is 5.16 Å². The fraction of sp³-hybridized carbons (Fsp3) is 0.700. The van der Waals surface area contributed by atoms with Crippen molar-refractivity contribution in [2.75, 3.05) is 0 Å². The number of sulfone groups is 1. The minimum absolute atomic E-state index is 0.365. The van der Waals surface area contributed by atoms with Gasteiger partial charge in [-0.3, -0.25) is 0 Å². The normalized spacial score (nSPS) is 22.6. The van der Waals surface area contributed by atoms with Gasteiger partial charge in [0, 0.05) is 7.05 Å². The summed E-state index contributed by atoms with van der Waals surface area (Å²) in [5.74, 6) is 0. The summed E-state index contributed by atoms with van der Waals surface area (Å²) in [4.78, 5) is 4.91. The van der Waals surface area contributed by atoms with E-state index >= 15 is 0 Å². The molecule has 7 nitrogen and oxygen atoms in total. The van der Waals surface area contributed by atoms with Crippen LogP contribution in [0.1, 0.15) is 30.7 Å². The Morgan fingerprint density at radius 1 is 1.30 bits per heavy atom. The van der Waals surface area contributed by atoms with E-state index in [0.717, 1.165) is 20.9 Å². The van der Waals surface area contributed by atoms with Gasteiger partial charge in [0.15, 0.2) is 17.5 Å². The fourth-order valence-corrected chi connectivity index (χ4v) is 3.16. The molecule has 0 aromatic carbocycles. The highest BCUT2D eigenvalue weighted by Crippen LogP contribution is 2.38. The van der Waals surface area contributed by atoms with Gasteiger partial charge in [-0.25, -0.2) is 17.2 Å². The first-order chi connectivity index (χ1) is 10.3. The van der Waals surface area contributed by atoms with Crippen LogP contribution in [-0.4, -0.2) is 40.2 Å². The van der Waals surface area contributed by atoms with Gasteiger partial charge in [0.25, 0.3) is 5.50 Å². The monoisotopic (exact) mass is 362 g/mol. The van der Waals surface area contributed by atoms with Crippen molar-refractivity contribution in [2.24, 2.45) is 12.2 Å². The van der Waals surface area contributed by atoms with Crippen LogP contribution in [-0.2, 0) is 27.9 Å². The molecule has 0 saturated heterocycles. The van der Waals surface area contributed by atoms with E-state index in [0.29, 0.717) is 4.80 Å². The molecule has 0 radical (unpaired) electrons. The average Bonchev–Trinajstić information content (AvgIpc) is 2.90. The lowest BCUT2D eigenvalue weighted by Crippen LogP contribution is -2.38. The maximum Gasteiger partial charge on any atom is 0.437 e. The molecule has 0 spiro atoms. The molecular weight excluding hydrogens is 351 g/mol. The van der Waals surface area contributed by atoms with Crippen LogP contribution in [0.15, 0.2) is 5.16 Å². The lowest BCUT2D eigenvalue weighted by Gasteiger charge is -2.18. The summed E-state index contributed by atoms with van der Waals surface area (Å²) in [6, 6.07) is 0. The van der Waals surface area contributed by atoms with E-state index in [9.17, 15) is 30.4 Å². The van der Waals surface area contributed by atoms with Crippen LogP contribution in [0.4, 0.5) is 22.0 Å². The van der Waals surface area contributed by atoms with Crippen molar-refractivity contribution in [2.45, 2.75) is 37.3 Å². The highest BCUT2D eigenvalue weighted by Gasteiger charge is 2.53. The second-order valence-electron chi connectivity index (χ2n) is 5.27. The molecule has 2 atom stereocenters. The summed E-state index contributed by atoms with van der Waals surface area (Å²) < 4.78 is 90.7. The summed E-state index contributed by atoms with van der Waals surface area (Å²) in [6.45, 7) is 2.31. The zero-order valence-electron chi connectivity index (χ0n) is 12.0. The van der Waals surface area contributed by atoms with Crippen LogP contribution < -0.4 is 0 Å². The predicted molar refractivity (Wildman–Crippen MR) is 66.3 cm³/mol. The first kappa shape index (κ1) is 17.6. The lowest BCUT2D eigenvalue weighted by molar-refractivity contribution is -0.142. The molecule has 2 unspecified atom stereocenters. The summed E-state index contributed by atoms with van der Waals surface area (Å²) in [6.07, 6.45) is -7.47. The predicted octanol–water partition coefficient (Wildman–Crippen LogP) is 1.68. The van der Waals surface area contributed by atoms with E-state index < -0.39 is 49.7 Å². The fourth-order valence-electron chi connectivity index (χ4n) is 1.78. The summed E-state index contributed by atoms with van der Waals surface area (Å²) in [5, 5.41) is 7.63.